The summed E-state index contributed by atoms with van der Waals surface area (Å²) in [5, 5.41) is 0. The molecule has 2 aliphatic heterocycles. The van der Waals surface area contributed by atoms with Gasteiger partial charge in [0.15, 0.2) is 0 Å². The molecular formula is C19H38N2. The van der Waals surface area contributed by atoms with E-state index in [0.717, 1.165) is 29.8 Å². The fourth-order valence-corrected chi connectivity index (χ4v) is 4.50. The van der Waals surface area contributed by atoms with E-state index in [2.05, 4.69) is 58.3 Å². The minimum Gasteiger partial charge on any atom is -0.301 e. The zero-order valence-electron chi connectivity index (χ0n) is 15.5. The van der Waals surface area contributed by atoms with Gasteiger partial charge in [-0.3, -0.25) is 4.90 Å². The van der Waals surface area contributed by atoms with Crippen molar-refractivity contribution in [1.29, 1.82) is 0 Å². The summed E-state index contributed by atoms with van der Waals surface area (Å²) in [6.07, 6.45) is 4.18. The first-order valence-electron chi connectivity index (χ1n) is 9.23. The molecule has 0 aliphatic carbocycles. The van der Waals surface area contributed by atoms with E-state index in [1.54, 1.807) is 0 Å². The summed E-state index contributed by atoms with van der Waals surface area (Å²) >= 11 is 0. The molecule has 2 nitrogen and oxygen atoms in total. The van der Waals surface area contributed by atoms with Gasteiger partial charge in [0, 0.05) is 24.2 Å². The minimum absolute atomic E-state index is 0.392. The van der Waals surface area contributed by atoms with Crippen LogP contribution in [0.15, 0.2) is 0 Å². The van der Waals surface area contributed by atoms with Gasteiger partial charge >= 0.3 is 0 Å². The fourth-order valence-electron chi connectivity index (χ4n) is 4.50. The molecule has 2 heteroatoms. The van der Waals surface area contributed by atoms with Gasteiger partial charge in [-0.1, -0.05) is 20.8 Å². The maximum atomic E-state index is 2.73. The van der Waals surface area contributed by atoms with Crippen molar-refractivity contribution in [2.75, 3.05) is 19.6 Å². The summed E-state index contributed by atoms with van der Waals surface area (Å²) in [4.78, 5) is 5.38. The Hall–Kier alpha value is -0.0800. The van der Waals surface area contributed by atoms with Crippen LogP contribution in [-0.2, 0) is 0 Å². The van der Waals surface area contributed by atoms with Crippen molar-refractivity contribution in [3.8, 4) is 0 Å². The molecule has 124 valence electrons. The van der Waals surface area contributed by atoms with E-state index in [0.29, 0.717) is 5.54 Å². The Morgan fingerprint density at radius 2 is 1.57 bits per heavy atom. The van der Waals surface area contributed by atoms with E-state index in [1.165, 1.54) is 38.9 Å². The van der Waals surface area contributed by atoms with Crippen LogP contribution >= 0.6 is 0 Å². The van der Waals surface area contributed by atoms with Crippen LogP contribution in [0.5, 0.6) is 0 Å². The smallest absolute Gasteiger partial charge is 0.0252 e. The highest BCUT2D eigenvalue weighted by Crippen LogP contribution is 2.40. The van der Waals surface area contributed by atoms with E-state index in [9.17, 15) is 0 Å². The predicted molar refractivity (Wildman–Crippen MR) is 92.6 cm³/mol. The van der Waals surface area contributed by atoms with Crippen LogP contribution in [0.2, 0.25) is 0 Å². The Kier molecular flexibility index (Phi) is 5.41. The van der Waals surface area contributed by atoms with Crippen molar-refractivity contribution in [3.63, 3.8) is 0 Å². The molecular weight excluding hydrogens is 256 g/mol. The number of likely N-dealkylation sites (tertiary alicyclic amines) is 1. The Morgan fingerprint density at radius 1 is 1.00 bits per heavy atom. The molecule has 0 saturated carbocycles. The summed E-state index contributed by atoms with van der Waals surface area (Å²) in [6.45, 7) is 20.8. The van der Waals surface area contributed by atoms with E-state index in [1.807, 2.05) is 0 Å². The quantitative estimate of drug-likeness (QED) is 0.676. The molecule has 0 N–H and O–H groups in total. The van der Waals surface area contributed by atoms with Crippen LogP contribution in [0, 0.1) is 17.8 Å². The lowest BCUT2D eigenvalue weighted by Crippen LogP contribution is -2.42. The third-order valence-corrected chi connectivity index (χ3v) is 6.13. The van der Waals surface area contributed by atoms with Crippen LogP contribution in [0.25, 0.3) is 0 Å². The Balaban J connectivity index is 1.81. The third-order valence-electron chi connectivity index (χ3n) is 6.13. The van der Waals surface area contributed by atoms with Crippen LogP contribution in [0.1, 0.15) is 67.7 Å². The van der Waals surface area contributed by atoms with Gasteiger partial charge in [0.2, 0.25) is 0 Å². The van der Waals surface area contributed by atoms with Crippen LogP contribution < -0.4 is 0 Å². The molecule has 0 aromatic rings. The molecule has 0 spiro atoms. The molecule has 0 aromatic carbocycles. The van der Waals surface area contributed by atoms with Gasteiger partial charge in [-0.25, -0.2) is 0 Å². The first kappa shape index (κ1) is 17.3. The summed E-state index contributed by atoms with van der Waals surface area (Å²) in [5.74, 6) is 2.62. The van der Waals surface area contributed by atoms with Crippen LogP contribution in [0.4, 0.5) is 0 Å². The van der Waals surface area contributed by atoms with Crippen LogP contribution in [0.3, 0.4) is 0 Å². The molecule has 3 unspecified atom stereocenters. The molecule has 21 heavy (non-hydrogen) atoms. The van der Waals surface area contributed by atoms with E-state index in [4.69, 9.17) is 0 Å². The minimum atomic E-state index is 0.392. The number of hydrogen-bond donors (Lipinski definition) is 0. The first-order chi connectivity index (χ1) is 9.72. The normalized spacial score (nSPS) is 30.1. The zero-order valence-corrected chi connectivity index (χ0v) is 15.5. The molecule has 2 saturated heterocycles. The molecule has 2 aliphatic rings. The highest BCUT2D eigenvalue weighted by atomic mass is 15.4. The van der Waals surface area contributed by atoms with Crippen molar-refractivity contribution in [2.24, 2.45) is 17.8 Å². The molecule has 2 heterocycles. The maximum absolute atomic E-state index is 2.73. The second-order valence-corrected chi connectivity index (χ2v) is 8.92. The Morgan fingerprint density at radius 3 is 2.00 bits per heavy atom. The number of piperidine rings is 1. The van der Waals surface area contributed by atoms with Gasteiger partial charge < -0.3 is 4.90 Å². The van der Waals surface area contributed by atoms with Gasteiger partial charge in [0.05, 0.1) is 0 Å². The van der Waals surface area contributed by atoms with E-state index >= 15 is 0 Å². The van der Waals surface area contributed by atoms with Crippen LogP contribution in [-0.4, -0.2) is 47.1 Å². The van der Waals surface area contributed by atoms with Gasteiger partial charge in [-0.05, 0) is 77.8 Å². The maximum Gasteiger partial charge on any atom is 0.0252 e. The molecule has 0 aromatic heterocycles. The van der Waals surface area contributed by atoms with Gasteiger partial charge in [0.25, 0.3) is 0 Å². The highest BCUT2D eigenvalue weighted by Gasteiger charge is 2.46. The summed E-state index contributed by atoms with van der Waals surface area (Å²) in [5.41, 5.74) is 0.392. The number of hydrogen-bond acceptors (Lipinski definition) is 2. The van der Waals surface area contributed by atoms with Gasteiger partial charge in [-0.15, -0.1) is 0 Å². The summed E-state index contributed by atoms with van der Waals surface area (Å²) in [6, 6.07) is 1.57. The van der Waals surface area contributed by atoms with E-state index in [-0.39, 0.29) is 0 Å². The topological polar surface area (TPSA) is 6.25 Å². The molecule has 0 radical (unpaired) electrons. The van der Waals surface area contributed by atoms with Crippen molar-refractivity contribution >= 4 is 0 Å². The molecule has 2 rings (SSSR count). The molecule has 0 amide bonds. The lowest BCUT2D eigenvalue weighted by atomic mass is 9.78. The SMILES string of the molecule is CC(C)C1CN1C(C)(C)CC(C)C1CCN(C(C)C)CC1. The Bertz CT molecular complexity index is 326. The van der Waals surface area contributed by atoms with Crippen molar-refractivity contribution in [2.45, 2.75) is 85.4 Å². The molecule has 2 fully saturated rings. The second-order valence-electron chi connectivity index (χ2n) is 8.92. The third kappa shape index (κ3) is 4.22. The van der Waals surface area contributed by atoms with Crippen molar-refractivity contribution < 1.29 is 0 Å². The molecule has 0 bridgehead atoms. The lowest BCUT2D eigenvalue weighted by molar-refractivity contribution is 0.101. The first-order valence-corrected chi connectivity index (χ1v) is 9.23. The predicted octanol–water partition coefficient (Wildman–Crippen LogP) is 4.25. The van der Waals surface area contributed by atoms with Gasteiger partial charge in [-0.2, -0.15) is 0 Å². The Labute approximate surface area is 133 Å². The van der Waals surface area contributed by atoms with Crippen molar-refractivity contribution in [1.82, 2.24) is 9.80 Å². The summed E-state index contributed by atoms with van der Waals surface area (Å²) in [7, 11) is 0. The monoisotopic (exact) mass is 294 g/mol. The highest BCUT2D eigenvalue weighted by molar-refractivity contribution is 5.01. The van der Waals surface area contributed by atoms with E-state index < -0.39 is 0 Å². The van der Waals surface area contributed by atoms with Gasteiger partial charge in [0.1, 0.15) is 0 Å². The second kappa shape index (κ2) is 6.58. The standard InChI is InChI=1S/C19H38N2/c1-14(2)18-13-21(18)19(6,7)12-16(5)17-8-10-20(11-9-17)15(3)4/h14-18H,8-13H2,1-7H3. The molecule has 3 atom stereocenters. The average Bonchev–Trinajstić information content (AvgIpc) is 3.19. The fraction of sp³-hybridized carbons (Fsp3) is 1.00. The largest absolute Gasteiger partial charge is 0.301 e. The number of nitrogens with zero attached hydrogens (tertiary/aromatic N) is 2. The summed E-state index contributed by atoms with van der Waals surface area (Å²) < 4.78 is 0. The lowest BCUT2D eigenvalue weighted by Gasteiger charge is -2.40. The number of rotatable bonds is 6. The zero-order chi connectivity index (χ0) is 15.8. The average molecular weight is 295 g/mol. The van der Waals surface area contributed by atoms with Crippen molar-refractivity contribution in [3.05, 3.63) is 0 Å².